The first-order chi connectivity index (χ1) is 12.2. The molecule has 1 aromatic carbocycles. The summed E-state index contributed by atoms with van der Waals surface area (Å²) in [6, 6.07) is 7.19. The summed E-state index contributed by atoms with van der Waals surface area (Å²) in [5, 5.41) is 0. The number of allylic oxidation sites excluding steroid dienone is 3. The predicted molar refractivity (Wildman–Crippen MR) is 100 cm³/mol. The minimum atomic E-state index is -0.404. The molecule has 4 heteroatoms. The molecular formula is C21H24N2O2. The number of hydrogen-bond acceptors (Lipinski definition) is 4. The zero-order chi connectivity index (χ0) is 17.9. The Labute approximate surface area is 149 Å². The number of ether oxygens (including phenoxy) is 1. The highest BCUT2D eigenvalue weighted by molar-refractivity contribution is 5.84. The van der Waals surface area contributed by atoms with Gasteiger partial charge in [-0.2, -0.15) is 0 Å². The van der Waals surface area contributed by atoms with Crippen LogP contribution >= 0.6 is 0 Å². The van der Waals surface area contributed by atoms with Crippen LogP contribution in [0, 0.1) is 0 Å². The zero-order valence-corrected chi connectivity index (χ0v) is 14.8. The van der Waals surface area contributed by atoms with E-state index in [2.05, 4.69) is 16.9 Å². The van der Waals surface area contributed by atoms with E-state index in [1.807, 2.05) is 37.5 Å². The fourth-order valence-corrected chi connectivity index (χ4v) is 2.28. The predicted octanol–water partition coefficient (Wildman–Crippen LogP) is 4.91. The summed E-state index contributed by atoms with van der Waals surface area (Å²) in [5.41, 5.74) is 2.06. The second-order valence-electron chi connectivity index (χ2n) is 5.70. The minimum Gasteiger partial charge on any atom is -0.423 e. The number of unbranched alkanes of at least 4 members (excludes halogenated alkanes) is 2. The Kier molecular flexibility index (Phi) is 7.57. The molecule has 0 atom stereocenters. The Hall–Kier alpha value is -2.75. The summed E-state index contributed by atoms with van der Waals surface area (Å²) >= 11 is 0. The summed E-state index contributed by atoms with van der Waals surface area (Å²) in [5.74, 6) is 0.763. The van der Waals surface area contributed by atoms with Crippen LogP contribution in [0.15, 0.2) is 61.0 Å². The molecule has 4 nitrogen and oxygen atoms in total. The van der Waals surface area contributed by atoms with Crippen molar-refractivity contribution >= 4 is 5.97 Å². The number of aromatic nitrogens is 2. The van der Waals surface area contributed by atoms with Crippen LogP contribution in [-0.2, 0) is 11.2 Å². The maximum atomic E-state index is 11.6. The van der Waals surface area contributed by atoms with Crippen LogP contribution in [-0.4, -0.2) is 15.9 Å². The molecule has 0 radical (unpaired) electrons. The molecule has 0 fully saturated rings. The number of benzene rings is 1. The van der Waals surface area contributed by atoms with E-state index >= 15 is 0 Å². The third-order valence-electron chi connectivity index (χ3n) is 3.64. The second-order valence-corrected chi connectivity index (χ2v) is 5.70. The lowest BCUT2D eigenvalue weighted by atomic mass is 10.1. The second kappa shape index (κ2) is 10.2. The van der Waals surface area contributed by atoms with Crippen molar-refractivity contribution in [2.45, 2.75) is 39.5 Å². The van der Waals surface area contributed by atoms with Gasteiger partial charge in [0.05, 0.1) is 0 Å². The van der Waals surface area contributed by atoms with Crippen LogP contribution in [0.1, 0.15) is 38.7 Å². The molecule has 0 N–H and O–H groups in total. The summed E-state index contributed by atoms with van der Waals surface area (Å²) in [6.45, 7) is 4.08. The van der Waals surface area contributed by atoms with E-state index in [9.17, 15) is 4.79 Å². The topological polar surface area (TPSA) is 52.1 Å². The van der Waals surface area contributed by atoms with Crippen molar-refractivity contribution in [3.05, 3.63) is 66.5 Å². The molecule has 0 aliphatic rings. The molecule has 0 amide bonds. The SMILES string of the molecule is C/C=C/C=C/C(=O)Oc1ccc(-c2ncc(CCCCC)cn2)cc1. The van der Waals surface area contributed by atoms with Crippen LogP contribution in [0.3, 0.4) is 0 Å². The number of hydrogen-bond donors (Lipinski definition) is 0. The average Bonchev–Trinajstić information content (AvgIpc) is 2.63. The molecule has 0 aliphatic heterocycles. The smallest absolute Gasteiger partial charge is 0.336 e. The molecule has 25 heavy (non-hydrogen) atoms. The molecule has 2 aromatic rings. The molecule has 2 rings (SSSR count). The third kappa shape index (κ3) is 6.34. The van der Waals surface area contributed by atoms with Gasteiger partial charge < -0.3 is 4.74 Å². The van der Waals surface area contributed by atoms with E-state index in [-0.39, 0.29) is 0 Å². The molecule has 0 saturated carbocycles. The molecule has 1 aromatic heterocycles. The lowest BCUT2D eigenvalue weighted by Crippen LogP contribution is -2.03. The summed E-state index contributed by atoms with van der Waals surface area (Å²) in [6.07, 6.45) is 15.0. The van der Waals surface area contributed by atoms with Gasteiger partial charge >= 0.3 is 5.97 Å². The maximum Gasteiger partial charge on any atom is 0.336 e. The van der Waals surface area contributed by atoms with Crippen LogP contribution in [0.2, 0.25) is 0 Å². The van der Waals surface area contributed by atoms with Gasteiger partial charge in [-0.1, -0.05) is 38.0 Å². The standard InChI is InChI=1S/C21H24N2O2/c1-3-5-7-9-17-15-22-21(23-16-17)18-11-13-19(14-12-18)25-20(24)10-8-6-4-2/h4,6,8,10-16H,3,5,7,9H2,1-2H3/b6-4+,10-8+. The van der Waals surface area contributed by atoms with Crippen molar-refractivity contribution in [2.24, 2.45) is 0 Å². The lowest BCUT2D eigenvalue weighted by molar-refractivity contribution is -0.128. The van der Waals surface area contributed by atoms with E-state index in [1.54, 1.807) is 24.3 Å². The summed E-state index contributed by atoms with van der Waals surface area (Å²) < 4.78 is 5.23. The van der Waals surface area contributed by atoms with Gasteiger partial charge in [0, 0.05) is 24.0 Å². The van der Waals surface area contributed by atoms with Gasteiger partial charge in [-0.25, -0.2) is 14.8 Å². The maximum absolute atomic E-state index is 11.6. The van der Waals surface area contributed by atoms with Crippen molar-refractivity contribution in [2.75, 3.05) is 0 Å². The van der Waals surface area contributed by atoms with Gasteiger partial charge in [-0.15, -0.1) is 0 Å². The Balaban J connectivity index is 1.96. The highest BCUT2D eigenvalue weighted by Gasteiger charge is 2.04. The quantitative estimate of drug-likeness (QED) is 0.226. The molecule has 1 heterocycles. The third-order valence-corrected chi connectivity index (χ3v) is 3.64. The molecule has 0 saturated heterocycles. The fraction of sp³-hybridized carbons (Fsp3) is 0.286. The largest absolute Gasteiger partial charge is 0.423 e. The van der Waals surface area contributed by atoms with Crippen molar-refractivity contribution in [1.82, 2.24) is 9.97 Å². The fourth-order valence-electron chi connectivity index (χ4n) is 2.28. The normalized spacial score (nSPS) is 11.3. The highest BCUT2D eigenvalue weighted by Crippen LogP contribution is 2.19. The Morgan fingerprint density at radius 2 is 1.80 bits per heavy atom. The number of nitrogens with zero attached hydrogens (tertiary/aromatic N) is 2. The van der Waals surface area contributed by atoms with E-state index < -0.39 is 5.97 Å². The first kappa shape index (κ1) is 18.6. The van der Waals surface area contributed by atoms with Gasteiger partial charge in [-0.3, -0.25) is 0 Å². The number of esters is 1. The van der Waals surface area contributed by atoms with Crippen LogP contribution in [0.5, 0.6) is 5.75 Å². The Morgan fingerprint density at radius 3 is 2.44 bits per heavy atom. The summed E-state index contributed by atoms with van der Waals surface area (Å²) in [7, 11) is 0. The minimum absolute atomic E-state index is 0.404. The van der Waals surface area contributed by atoms with E-state index in [1.165, 1.54) is 25.3 Å². The Bertz CT molecular complexity index is 717. The van der Waals surface area contributed by atoms with Gasteiger partial charge in [0.25, 0.3) is 0 Å². The van der Waals surface area contributed by atoms with Crippen LogP contribution in [0.25, 0.3) is 11.4 Å². The molecular weight excluding hydrogens is 312 g/mol. The van der Waals surface area contributed by atoms with E-state index in [0.29, 0.717) is 11.6 Å². The average molecular weight is 336 g/mol. The number of carbonyl (C=O) groups excluding carboxylic acids is 1. The van der Waals surface area contributed by atoms with Crippen LogP contribution in [0.4, 0.5) is 0 Å². The van der Waals surface area contributed by atoms with Crippen molar-refractivity contribution in [3.63, 3.8) is 0 Å². The molecule has 0 unspecified atom stereocenters. The van der Waals surface area contributed by atoms with Crippen molar-refractivity contribution in [3.8, 4) is 17.1 Å². The van der Waals surface area contributed by atoms with Crippen molar-refractivity contribution < 1.29 is 9.53 Å². The molecule has 0 spiro atoms. The van der Waals surface area contributed by atoms with E-state index in [0.717, 1.165) is 17.5 Å². The van der Waals surface area contributed by atoms with Crippen LogP contribution < -0.4 is 4.74 Å². The lowest BCUT2D eigenvalue weighted by Gasteiger charge is -2.05. The number of rotatable bonds is 8. The number of aryl methyl sites for hydroxylation is 1. The van der Waals surface area contributed by atoms with Gasteiger partial charge in [0.15, 0.2) is 5.82 Å². The Morgan fingerprint density at radius 1 is 1.08 bits per heavy atom. The highest BCUT2D eigenvalue weighted by atomic mass is 16.5. The van der Waals surface area contributed by atoms with Gasteiger partial charge in [0.1, 0.15) is 5.75 Å². The van der Waals surface area contributed by atoms with E-state index in [4.69, 9.17) is 4.74 Å². The first-order valence-corrected chi connectivity index (χ1v) is 8.65. The molecule has 130 valence electrons. The van der Waals surface area contributed by atoms with Gasteiger partial charge in [-0.05, 0) is 49.6 Å². The summed E-state index contributed by atoms with van der Waals surface area (Å²) in [4.78, 5) is 20.5. The molecule has 0 bridgehead atoms. The monoisotopic (exact) mass is 336 g/mol. The van der Waals surface area contributed by atoms with Crippen molar-refractivity contribution in [1.29, 1.82) is 0 Å². The molecule has 0 aliphatic carbocycles. The number of carbonyl (C=O) groups is 1. The zero-order valence-electron chi connectivity index (χ0n) is 14.8. The first-order valence-electron chi connectivity index (χ1n) is 8.65. The van der Waals surface area contributed by atoms with Gasteiger partial charge in [0.2, 0.25) is 0 Å².